The van der Waals surface area contributed by atoms with E-state index in [4.69, 9.17) is 14.2 Å². The third-order valence-corrected chi connectivity index (χ3v) is 7.48. The highest BCUT2D eigenvalue weighted by Crippen LogP contribution is 2.39. The first-order valence-corrected chi connectivity index (χ1v) is 12.2. The molecule has 1 aromatic carbocycles. The molecule has 2 heterocycles. The highest BCUT2D eigenvalue weighted by atomic mass is 32.2. The summed E-state index contributed by atoms with van der Waals surface area (Å²) < 4.78 is 46.6. The summed E-state index contributed by atoms with van der Waals surface area (Å²) in [6.07, 6.45) is 0.636. The standard InChI is InChI=1S/C22H27N5O6S/c1-13(20(28)14-11-12-14)34(29,30)26-22-25-24-21(15-7-5-10-18(23-15)33-4)27(22)19-16(31-2)8-6-9-17(19)32-3/h5-10,13-14,20,28H,11-12H2,1-4H3,(H,25,26)/t13-,20-/m1/s1. The molecule has 1 fully saturated rings. The van der Waals surface area contributed by atoms with Crippen LogP contribution < -0.4 is 18.9 Å². The van der Waals surface area contributed by atoms with Crippen molar-refractivity contribution < 1.29 is 27.7 Å². The number of anilines is 1. The van der Waals surface area contributed by atoms with E-state index in [1.165, 1.54) is 32.8 Å². The zero-order valence-electron chi connectivity index (χ0n) is 19.3. The lowest BCUT2D eigenvalue weighted by Gasteiger charge is -2.21. The molecule has 182 valence electrons. The average Bonchev–Trinajstić information content (AvgIpc) is 3.63. The minimum Gasteiger partial charge on any atom is -0.494 e. The minimum absolute atomic E-state index is 0.0182. The number of pyridine rings is 1. The highest BCUT2D eigenvalue weighted by molar-refractivity contribution is 7.93. The number of para-hydroxylation sites is 1. The number of sulfonamides is 1. The summed E-state index contributed by atoms with van der Waals surface area (Å²) in [6.45, 7) is 1.47. The van der Waals surface area contributed by atoms with Crippen molar-refractivity contribution in [1.82, 2.24) is 19.7 Å². The maximum absolute atomic E-state index is 13.2. The third-order valence-electron chi connectivity index (χ3n) is 5.76. The smallest absolute Gasteiger partial charge is 0.243 e. The largest absolute Gasteiger partial charge is 0.494 e. The zero-order valence-corrected chi connectivity index (χ0v) is 20.1. The van der Waals surface area contributed by atoms with E-state index >= 15 is 0 Å². The molecule has 0 unspecified atom stereocenters. The lowest BCUT2D eigenvalue weighted by atomic mass is 10.2. The Hall–Kier alpha value is -3.38. The molecule has 4 rings (SSSR count). The monoisotopic (exact) mass is 489 g/mol. The van der Waals surface area contributed by atoms with Gasteiger partial charge in [-0.15, -0.1) is 10.2 Å². The molecule has 0 aliphatic heterocycles. The Morgan fingerprint density at radius 2 is 1.68 bits per heavy atom. The van der Waals surface area contributed by atoms with E-state index < -0.39 is 21.4 Å². The van der Waals surface area contributed by atoms with Gasteiger partial charge < -0.3 is 19.3 Å². The summed E-state index contributed by atoms with van der Waals surface area (Å²) in [5.41, 5.74) is 0.765. The van der Waals surface area contributed by atoms with Crippen LogP contribution in [0.2, 0.25) is 0 Å². The summed E-state index contributed by atoms with van der Waals surface area (Å²) in [5, 5.41) is 17.7. The van der Waals surface area contributed by atoms with E-state index in [-0.39, 0.29) is 17.7 Å². The molecule has 0 spiro atoms. The van der Waals surface area contributed by atoms with Crippen LogP contribution in [0.5, 0.6) is 17.4 Å². The molecular weight excluding hydrogens is 462 g/mol. The number of aliphatic hydroxyl groups is 1. The van der Waals surface area contributed by atoms with Crippen LogP contribution in [0.4, 0.5) is 5.95 Å². The topological polar surface area (TPSA) is 138 Å². The van der Waals surface area contributed by atoms with Gasteiger partial charge in [0.25, 0.3) is 0 Å². The van der Waals surface area contributed by atoms with Crippen LogP contribution in [0, 0.1) is 5.92 Å². The molecule has 1 saturated carbocycles. The van der Waals surface area contributed by atoms with Gasteiger partial charge in [-0.3, -0.25) is 9.29 Å². The third kappa shape index (κ3) is 4.50. The SMILES string of the molecule is COc1cccc(-c2nnc(NS(=O)(=O)[C@H](C)[C@@H](O)C3CC3)n2-c2c(OC)cccc2OC)n1. The van der Waals surface area contributed by atoms with Gasteiger partial charge in [0.2, 0.25) is 21.9 Å². The van der Waals surface area contributed by atoms with E-state index in [9.17, 15) is 13.5 Å². The molecular formula is C22H27N5O6S. The van der Waals surface area contributed by atoms with Gasteiger partial charge in [0.05, 0.1) is 27.4 Å². The molecule has 1 aliphatic carbocycles. The fourth-order valence-electron chi connectivity index (χ4n) is 3.66. The number of nitrogens with one attached hydrogen (secondary N) is 1. The molecule has 2 atom stereocenters. The van der Waals surface area contributed by atoms with Gasteiger partial charge in [-0.2, -0.15) is 0 Å². The van der Waals surface area contributed by atoms with Gasteiger partial charge in [0.1, 0.15) is 28.1 Å². The number of aliphatic hydroxyl groups excluding tert-OH is 1. The summed E-state index contributed by atoms with van der Waals surface area (Å²) >= 11 is 0. The predicted molar refractivity (Wildman–Crippen MR) is 125 cm³/mol. The van der Waals surface area contributed by atoms with Gasteiger partial charge >= 0.3 is 0 Å². The fourth-order valence-corrected chi connectivity index (χ4v) is 4.82. The first kappa shape index (κ1) is 23.8. The average molecular weight is 490 g/mol. The van der Waals surface area contributed by atoms with Crippen LogP contribution in [0.25, 0.3) is 17.2 Å². The summed E-state index contributed by atoms with van der Waals surface area (Å²) in [7, 11) is 0.453. The normalized spacial score (nSPS) is 15.4. The predicted octanol–water partition coefficient (Wildman–Crippen LogP) is 2.26. The molecule has 1 aliphatic rings. The first-order valence-electron chi connectivity index (χ1n) is 10.7. The summed E-state index contributed by atoms with van der Waals surface area (Å²) in [4.78, 5) is 4.42. The maximum Gasteiger partial charge on any atom is 0.243 e. The second-order valence-electron chi connectivity index (χ2n) is 7.94. The molecule has 2 N–H and O–H groups in total. The van der Waals surface area contributed by atoms with E-state index in [1.807, 2.05) is 0 Å². The lowest BCUT2D eigenvalue weighted by Crippen LogP contribution is -2.37. The van der Waals surface area contributed by atoms with Crippen molar-refractivity contribution in [1.29, 1.82) is 0 Å². The van der Waals surface area contributed by atoms with Crippen LogP contribution in [-0.4, -0.2) is 66.0 Å². The molecule has 0 bridgehead atoms. The van der Waals surface area contributed by atoms with Crippen molar-refractivity contribution in [3.63, 3.8) is 0 Å². The number of benzene rings is 1. The quantitative estimate of drug-likeness (QED) is 0.439. The number of hydrogen-bond acceptors (Lipinski definition) is 9. The van der Waals surface area contributed by atoms with Crippen LogP contribution in [-0.2, 0) is 10.0 Å². The number of hydrogen-bond donors (Lipinski definition) is 2. The number of aromatic nitrogens is 4. The van der Waals surface area contributed by atoms with Crippen molar-refractivity contribution in [3.05, 3.63) is 36.4 Å². The van der Waals surface area contributed by atoms with Crippen molar-refractivity contribution >= 4 is 16.0 Å². The Bertz CT molecular complexity index is 1250. The van der Waals surface area contributed by atoms with Crippen LogP contribution in [0.15, 0.2) is 36.4 Å². The van der Waals surface area contributed by atoms with E-state index in [1.54, 1.807) is 36.4 Å². The van der Waals surface area contributed by atoms with Gasteiger partial charge in [0, 0.05) is 6.07 Å². The summed E-state index contributed by atoms with van der Waals surface area (Å²) in [6, 6.07) is 10.3. The molecule has 34 heavy (non-hydrogen) atoms. The zero-order chi connectivity index (χ0) is 24.5. The number of methoxy groups -OCH3 is 3. The van der Waals surface area contributed by atoms with Gasteiger partial charge in [0.15, 0.2) is 5.82 Å². The molecule has 12 heteroatoms. The second-order valence-corrected chi connectivity index (χ2v) is 9.98. The fraction of sp³-hybridized carbons (Fsp3) is 0.409. The van der Waals surface area contributed by atoms with E-state index in [2.05, 4.69) is 19.9 Å². The Morgan fingerprint density at radius 1 is 1.03 bits per heavy atom. The van der Waals surface area contributed by atoms with E-state index in [0.29, 0.717) is 28.8 Å². The van der Waals surface area contributed by atoms with Crippen LogP contribution >= 0.6 is 0 Å². The van der Waals surface area contributed by atoms with Crippen molar-refractivity contribution in [2.24, 2.45) is 5.92 Å². The molecule has 11 nitrogen and oxygen atoms in total. The van der Waals surface area contributed by atoms with Crippen molar-refractivity contribution in [3.8, 4) is 34.6 Å². The Balaban J connectivity index is 1.88. The number of nitrogens with zero attached hydrogens (tertiary/aromatic N) is 4. The van der Waals surface area contributed by atoms with Gasteiger partial charge in [-0.1, -0.05) is 12.1 Å². The van der Waals surface area contributed by atoms with Gasteiger partial charge in [-0.05, 0) is 43.9 Å². The Kier molecular flexibility index (Phi) is 6.62. The van der Waals surface area contributed by atoms with E-state index in [0.717, 1.165) is 12.8 Å². The molecule has 0 saturated heterocycles. The number of ether oxygens (including phenoxy) is 3. The minimum atomic E-state index is -4.02. The molecule has 2 aromatic heterocycles. The van der Waals surface area contributed by atoms with Gasteiger partial charge in [-0.25, -0.2) is 13.4 Å². The van der Waals surface area contributed by atoms with Crippen LogP contribution in [0.3, 0.4) is 0 Å². The first-order chi connectivity index (χ1) is 16.3. The molecule has 3 aromatic rings. The maximum atomic E-state index is 13.2. The Labute approximate surface area is 197 Å². The highest BCUT2D eigenvalue weighted by Gasteiger charge is 2.40. The lowest BCUT2D eigenvalue weighted by molar-refractivity contribution is 0.150. The molecule has 0 amide bonds. The Morgan fingerprint density at radius 3 is 2.26 bits per heavy atom. The van der Waals surface area contributed by atoms with Crippen molar-refractivity contribution in [2.75, 3.05) is 26.1 Å². The second kappa shape index (κ2) is 9.47. The van der Waals surface area contributed by atoms with Crippen LogP contribution in [0.1, 0.15) is 19.8 Å². The molecule has 0 radical (unpaired) electrons. The van der Waals surface area contributed by atoms with Crippen molar-refractivity contribution in [2.45, 2.75) is 31.1 Å². The number of rotatable bonds is 10. The summed E-state index contributed by atoms with van der Waals surface area (Å²) in [5.74, 6) is 1.26.